The number of halogens is 1. The molecule has 0 aliphatic carbocycles. The molecule has 7 heavy (non-hydrogen) atoms. The standard InChI is InChI=1S/C3H9NO.ClH2P/c1-4(2)5-3;1-2/h1-3H3;2H2. The van der Waals surface area contributed by atoms with Crippen molar-refractivity contribution in [1.82, 2.24) is 5.06 Å². The smallest absolute Gasteiger partial charge is 0.0574 e. The number of rotatable bonds is 1. The number of hydrogen-bond donors (Lipinski definition) is 0. The molecule has 0 fully saturated rings. The van der Waals surface area contributed by atoms with E-state index in [0.717, 1.165) is 0 Å². The van der Waals surface area contributed by atoms with E-state index in [2.05, 4.69) is 16.1 Å². The van der Waals surface area contributed by atoms with Crippen LogP contribution in [0.5, 0.6) is 0 Å². The van der Waals surface area contributed by atoms with E-state index in [1.165, 1.54) is 0 Å². The van der Waals surface area contributed by atoms with Gasteiger partial charge in [-0.05, 0) is 8.59 Å². The van der Waals surface area contributed by atoms with E-state index in [1.807, 2.05) is 22.7 Å². The van der Waals surface area contributed by atoms with Crippen molar-refractivity contribution in [2.45, 2.75) is 0 Å². The van der Waals surface area contributed by atoms with Crippen molar-refractivity contribution in [2.24, 2.45) is 0 Å². The summed E-state index contributed by atoms with van der Waals surface area (Å²) in [7, 11) is 7.18. The third kappa shape index (κ3) is 20.5. The molecule has 0 aliphatic heterocycles. The van der Waals surface area contributed by atoms with E-state index < -0.39 is 0 Å². The van der Waals surface area contributed by atoms with Gasteiger partial charge in [-0.1, -0.05) is 0 Å². The van der Waals surface area contributed by atoms with Crippen LogP contribution in [0.1, 0.15) is 0 Å². The molecule has 0 saturated heterocycles. The largest absolute Gasteiger partial charge is 0.303 e. The van der Waals surface area contributed by atoms with Crippen molar-refractivity contribution in [2.75, 3.05) is 21.2 Å². The van der Waals surface area contributed by atoms with Crippen LogP contribution in [-0.2, 0) is 4.84 Å². The van der Waals surface area contributed by atoms with Crippen molar-refractivity contribution >= 4 is 19.8 Å². The molecule has 0 aromatic carbocycles. The predicted molar refractivity (Wildman–Crippen MR) is 36.3 cm³/mol. The summed E-state index contributed by atoms with van der Waals surface area (Å²) < 4.78 is 0. The maximum atomic E-state index is 4.58. The Kier molecular flexibility index (Phi) is 14.8. The molecular formula is C3H11ClNOP. The number of nitrogens with zero attached hydrogens (tertiary/aromatic N) is 1. The summed E-state index contributed by atoms with van der Waals surface area (Å²) in [5.41, 5.74) is 0. The zero-order valence-electron chi connectivity index (χ0n) is 4.81. The Hall–Kier alpha value is 0.640. The molecule has 0 aliphatic rings. The molecule has 0 aromatic heterocycles. The van der Waals surface area contributed by atoms with E-state index in [-0.39, 0.29) is 0 Å². The topological polar surface area (TPSA) is 12.5 Å². The van der Waals surface area contributed by atoms with Crippen molar-refractivity contribution in [3.05, 3.63) is 0 Å². The van der Waals surface area contributed by atoms with E-state index in [4.69, 9.17) is 0 Å². The minimum atomic E-state index is 1.62. The SMILES string of the molecule is CON(C)C.PCl. The lowest BCUT2D eigenvalue weighted by molar-refractivity contribution is -0.0855. The van der Waals surface area contributed by atoms with Crippen LogP contribution in [0.2, 0.25) is 0 Å². The third-order valence-corrected chi connectivity index (χ3v) is 0.365. The summed E-state index contributed by atoms with van der Waals surface area (Å²) in [6.07, 6.45) is 0. The molecule has 0 bridgehead atoms. The fraction of sp³-hybridized carbons (Fsp3) is 1.00. The second-order valence-corrected chi connectivity index (χ2v) is 0.995. The van der Waals surface area contributed by atoms with Gasteiger partial charge in [-0.3, -0.25) is 0 Å². The van der Waals surface area contributed by atoms with Crippen LogP contribution in [0, 0.1) is 0 Å². The Morgan fingerprint density at radius 2 is 1.57 bits per heavy atom. The number of hydroxylamine groups is 2. The molecule has 0 rings (SSSR count). The quantitative estimate of drug-likeness (QED) is 0.403. The highest BCUT2D eigenvalue weighted by molar-refractivity contribution is 7.52. The zero-order valence-corrected chi connectivity index (χ0v) is 6.72. The first-order valence-electron chi connectivity index (χ1n) is 1.70. The van der Waals surface area contributed by atoms with Gasteiger partial charge in [-0.25, -0.2) is 0 Å². The first kappa shape index (κ1) is 10.6. The van der Waals surface area contributed by atoms with Gasteiger partial charge in [0.2, 0.25) is 0 Å². The van der Waals surface area contributed by atoms with Crippen LogP contribution in [0.4, 0.5) is 0 Å². The summed E-state index contributed by atoms with van der Waals surface area (Å²) in [6.45, 7) is 0. The molecule has 0 saturated carbocycles. The van der Waals surface area contributed by atoms with Gasteiger partial charge in [-0.15, -0.1) is 11.2 Å². The van der Waals surface area contributed by atoms with Crippen molar-refractivity contribution in [3.8, 4) is 0 Å². The summed E-state index contributed by atoms with van der Waals surface area (Å²) in [5, 5.41) is 1.62. The molecule has 1 unspecified atom stereocenters. The Balaban J connectivity index is 0. The molecule has 0 radical (unpaired) electrons. The van der Waals surface area contributed by atoms with Crippen molar-refractivity contribution in [3.63, 3.8) is 0 Å². The van der Waals surface area contributed by atoms with Gasteiger partial charge in [0.25, 0.3) is 0 Å². The normalized spacial score (nSPS) is 7.71. The highest BCUT2D eigenvalue weighted by Gasteiger charge is 1.70. The first-order chi connectivity index (χ1) is 3.27. The van der Waals surface area contributed by atoms with Crippen LogP contribution in [0.25, 0.3) is 0 Å². The lowest BCUT2D eigenvalue weighted by atomic mass is 11.2. The van der Waals surface area contributed by atoms with Crippen molar-refractivity contribution < 1.29 is 4.84 Å². The summed E-state index contributed by atoms with van der Waals surface area (Å²) in [4.78, 5) is 4.58. The molecule has 0 amide bonds. The van der Waals surface area contributed by atoms with Gasteiger partial charge in [0, 0.05) is 14.1 Å². The van der Waals surface area contributed by atoms with Gasteiger partial charge in [0.05, 0.1) is 7.11 Å². The molecule has 46 valence electrons. The van der Waals surface area contributed by atoms with Crippen LogP contribution in [0.3, 0.4) is 0 Å². The Morgan fingerprint density at radius 1 is 1.43 bits per heavy atom. The minimum Gasteiger partial charge on any atom is -0.303 e. The molecular weight excluding hydrogens is 132 g/mol. The molecule has 4 heteroatoms. The fourth-order valence-electron chi connectivity index (χ4n) is 0. The average Bonchev–Trinajstić information content (AvgIpc) is 1.73. The van der Waals surface area contributed by atoms with Gasteiger partial charge in [0.1, 0.15) is 0 Å². The van der Waals surface area contributed by atoms with Crippen LogP contribution < -0.4 is 0 Å². The average molecular weight is 144 g/mol. The molecule has 2 nitrogen and oxygen atoms in total. The molecule has 0 N–H and O–H groups in total. The molecule has 0 spiro atoms. The lowest BCUT2D eigenvalue weighted by Gasteiger charge is -2.01. The second kappa shape index (κ2) is 9.81. The summed E-state index contributed by atoms with van der Waals surface area (Å²) >= 11 is 4.56. The Morgan fingerprint density at radius 3 is 1.57 bits per heavy atom. The monoisotopic (exact) mass is 143 g/mol. The fourth-order valence-corrected chi connectivity index (χ4v) is 0. The summed E-state index contributed by atoms with van der Waals surface area (Å²) in [6, 6.07) is 0. The van der Waals surface area contributed by atoms with E-state index in [9.17, 15) is 0 Å². The lowest BCUT2D eigenvalue weighted by Crippen LogP contribution is -2.07. The Bertz CT molecular complexity index is 28.9. The van der Waals surface area contributed by atoms with E-state index >= 15 is 0 Å². The summed E-state index contributed by atoms with van der Waals surface area (Å²) in [5.74, 6) is 0. The van der Waals surface area contributed by atoms with Crippen molar-refractivity contribution in [1.29, 1.82) is 0 Å². The Labute approximate surface area is 51.7 Å². The van der Waals surface area contributed by atoms with Crippen LogP contribution >= 0.6 is 19.8 Å². The molecule has 0 aromatic rings. The first-order valence-corrected chi connectivity index (χ1v) is 3.45. The van der Waals surface area contributed by atoms with Crippen LogP contribution in [0.15, 0.2) is 0 Å². The van der Waals surface area contributed by atoms with Gasteiger partial charge < -0.3 is 4.84 Å². The van der Waals surface area contributed by atoms with E-state index in [1.54, 1.807) is 12.2 Å². The van der Waals surface area contributed by atoms with Crippen LogP contribution in [-0.4, -0.2) is 26.3 Å². The van der Waals surface area contributed by atoms with Gasteiger partial charge in [-0.2, -0.15) is 5.06 Å². The van der Waals surface area contributed by atoms with E-state index in [0.29, 0.717) is 0 Å². The number of hydrogen-bond acceptors (Lipinski definition) is 2. The highest BCUT2D eigenvalue weighted by Crippen LogP contribution is 1.78. The second-order valence-electron chi connectivity index (χ2n) is 0.995. The predicted octanol–water partition coefficient (Wildman–Crippen LogP) is 1.12. The highest BCUT2D eigenvalue weighted by atomic mass is 35.7. The minimum absolute atomic E-state index is 1.62. The maximum absolute atomic E-state index is 4.58. The van der Waals surface area contributed by atoms with Gasteiger partial charge >= 0.3 is 0 Å². The molecule has 1 atom stereocenters. The zero-order chi connectivity index (χ0) is 6.28. The molecule has 0 heterocycles. The third-order valence-electron chi connectivity index (χ3n) is 0.365. The maximum Gasteiger partial charge on any atom is 0.0574 e. The van der Waals surface area contributed by atoms with Gasteiger partial charge in [0.15, 0.2) is 0 Å².